The van der Waals surface area contributed by atoms with E-state index in [0.717, 1.165) is 24.8 Å². The van der Waals surface area contributed by atoms with Gasteiger partial charge >= 0.3 is 0 Å². The van der Waals surface area contributed by atoms with E-state index in [4.69, 9.17) is 5.73 Å². The average Bonchev–Trinajstić information content (AvgIpc) is 2.79. The van der Waals surface area contributed by atoms with Crippen molar-refractivity contribution >= 4 is 23.6 Å². The number of nitrogens with two attached hydrogens (primary N) is 1. The lowest BCUT2D eigenvalue weighted by Gasteiger charge is -2.29. The third kappa shape index (κ3) is 7.56. The summed E-state index contributed by atoms with van der Waals surface area (Å²) >= 11 is 0. The molecule has 9 nitrogen and oxygen atoms in total. The average molecular weight is 460 g/mol. The van der Waals surface area contributed by atoms with Crippen LogP contribution in [0.15, 0.2) is 24.3 Å². The van der Waals surface area contributed by atoms with E-state index in [-0.39, 0.29) is 36.6 Å². The van der Waals surface area contributed by atoms with Crippen LogP contribution in [0.3, 0.4) is 0 Å². The van der Waals surface area contributed by atoms with Gasteiger partial charge in [-0.2, -0.15) is 0 Å². The summed E-state index contributed by atoms with van der Waals surface area (Å²) in [5.74, 6) is -1.92. The summed E-state index contributed by atoms with van der Waals surface area (Å²) in [7, 11) is 1.66. The lowest BCUT2D eigenvalue weighted by molar-refractivity contribution is -0.133. The summed E-state index contributed by atoms with van der Waals surface area (Å²) in [6.07, 6.45) is 2.74. The molecule has 4 amide bonds. The van der Waals surface area contributed by atoms with E-state index in [9.17, 15) is 19.2 Å². The molecule has 9 heteroatoms. The van der Waals surface area contributed by atoms with Gasteiger partial charge in [-0.1, -0.05) is 38.1 Å². The van der Waals surface area contributed by atoms with Crippen LogP contribution in [0.25, 0.3) is 0 Å². The van der Waals surface area contributed by atoms with Gasteiger partial charge in [0.1, 0.15) is 12.1 Å². The van der Waals surface area contributed by atoms with Crippen LogP contribution in [0.2, 0.25) is 0 Å². The van der Waals surface area contributed by atoms with E-state index < -0.39 is 29.9 Å². The molecule has 0 bridgehead atoms. The Kier molecular flexibility index (Phi) is 9.84. The van der Waals surface area contributed by atoms with Crippen molar-refractivity contribution in [3.63, 3.8) is 0 Å². The molecule has 0 radical (unpaired) electrons. The third-order valence-electron chi connectivity index (χ3n) is 6.07. The van der Waals surface area contributed by atoms with Gasteiger partial charge in [0.25, 0.3) is 0 Å². The van der Waals surface area contributed by atoms with Crippen molar-refractivity contribution in [2.24, 2.45) is 11.7 Å². The number of hydrogen-bond donors (Lipinski definition) is 5. The molecule has 0 spiro atoms. The summed E-state index contributed by atoms with van der Waals surface area (Å²) in [5.41, 5.74) is 7.57. The molecular formula is C24H37N5O4. The summed E-state index contributed by atoms with van der Waals surface area (Å²) < 4.78 is 0. The molecule has 0 aromatic heterocycles. The number of rotatable bonds is 11. The van der Waals surface area contributed by atoms with Gasteiger partial charge in [-0.25, -0.2) is 0 Å². The van der Waals surface area contributed by atoms with Crippen LogP contribution in [0.4, 0.5) is 0 Å². The molecule has 0 aliphatic heterocycles. The van der Waals surface area contributed by atoms with Crippen LogP contribution in [0.1, 0.15) is 63.6 Å². The first-order chi connectivity index (χ1) is 15.6. The van der Waals surface area contributed by atoms with Crippen molar-refractivity contribution in [3.05, 3.63) is 35.4 Å². The molecule has 1 aromatic rings. The van der Waals surface area contributed by atoms with Crippen LogP contribution in [0.5, 0.6) is 0 Å². The predicted octanol–water partition coefficient (Wildman–Crippen LogP) is 0.679. The lowest BCUT2D eigenvalue weighted by atomic mass is 9.87. The second kappa shape index (κ2) is 12.3. The fraction of sp³-hybridized carbons (Fsp3) is 0.583. The number of benzene rings is 1. The van der Waals surface area contributed by atoms with Gasteiger partial charge in [-0.3, -0.25) is 19.2 Å². The largest absolute Gasteiger partial charge is 0.370 e. The van der Waals surface area contributed by atoms with Gasteiger partial charge in [0.2, 0.25) is 23.6 Å². The van der Waals surface area contributed by atoms with Crippen molar-refractivity contribution in [2.75, 3.05) is 7.05 Å². The van der Waals surface area contributed by atoms with Gasteiger partial charge < -0.3 is 27.0 Å². The highest BCUT2D eigenvalue weighted by Crippen LogP contribution is 2.29. The Bertz CT molecular complexity index is 857. The molecule has 182 valence electrons. The Morgan fingerprint density at radius 3 is 2.36 bits per heavy atom. The third-order valence-corrected chi connectivity index (χ3v) is 6.07. The Balaban J connectivity index is 2.14. The normalized spacial score (nSPS) is 17.9. The molecule has 1 aliphatic carbocycles. The molecule has 4 atom stereocenters. The number of amides is 4. The maximum atomic E-state index is 13.2. The zero-order chi connectivity index (χ0) is 24.5. The van der Waals surface area contributed by atoms with E-state index in [1.165, 1.54) is 5.56 Å². The Labute approximate surface area is 195 Å². The summed E-state index contributed by atoms with van der Waals surface area (Å²) in [4.78, 5) is 49.9. The molecule has 0 heterocycles. The van der Waals surface area contributed by atoms with Crippen LogP contribution in [-0.2, 0) is 25.6 Å². The lowest BCUT2D eigenvalue weighted by Crippen LogP contribution is -2.57. The van der Waals surface area contributed by atoms with E-state index in [2.05, 4.69) is 27.3 Å². The predicted molar refractivity (Wildman–Crippen MR) is 126 cm³/mol. The first-order valence-electron chi connectivity index (χ1n) is 11.6. The Morgan fingerprint density at radius 1 is 1.03 bits per heavy atom. The van der Waals surface area contributed by atoms with Gasteiger partial charge in [0.05, 0.1) is 12.1 Å². The number of fused-ring (bicyclic) bond motifs is 1. The van der Waals surface area contributed by atoms with Gasteiger partial charge in [0.15, 0.2) is 0 Å². The highest BCUT2D eigenvalue weighted by molar-refractivity contribution is 5.93. The number of primary amides is 1. The molecule has 1 unspecified atom stereocenters. The minimum absolute atomic E-state index is 0.0465. The number of aryl methyl sites for hydroxylation is 1. The van der Waals surface area contributed by atoms with E-state index in [1.54, 1.807) is 14.0 Å². The second-order valence-electron chi connectivity index (χ2n) is 8.96. The van der Waals surface area contributed by atoms with Gasteiger partial charge in [-0.05, 0) is 56.7 Å². The molecular weight excluding hydrogens is 422 g/mol. The quantitative estimate of drug-likeness (QED) is 0.331. The van der Waals surface area contributed by atoms with Crippen LogP contribution < -0.4 is 27.0 Å². The first-order valence-corrected chi connectivity index (χ1v) is 11.6. The van der Waals surface area contributed by atoms with E-state index in [1.807, 2.05) is 32.0 Å². The van der Waals surface area contributed by atoms with Crippen LogP contribution in [-0.4, -0.2) is 48.8 Å². The molecule has 0 fully saturated rings. The smallest absolute Gasteiger partial charge is 0.243 e. The number of nitrogens with one attached hydrogen (secondary N) is 4. The van der Waals surface area contributed by atoms with Crippen molar-refractivity contribution in [1.82, 2.24) is 21.3 Å². The van der Waals surface area contributed by atoms with Crippen molar-refractivity contribution in [1.29, 1.82) is 0 Å². The summed E-state index contributed by atoms with van der Waals surface area (Å²) in [6.45, 7) is 5.31. The molecule has 0 saturated heterocycles. The van der Waals surface area contributed by atoms with Crippen molar-refractivity contribution < 1.29 is 19.2 Å². The van der Waals surface area contributed by atoms with E-state index in [0.29, 0.717) is 0 Å². The van der Waals surface area contributed by atoms with Crippen molar-refractivity contribution in [3.8, 4) is 0 Å². The van der Waals surface area contributed by atoms with E-state index >= 15 is 0 Å². The summed E-state index contributed by atoms with van der Waals surface area (Å²) in [5, 5.41) is 11.3. The summed E-state index contributed by atoms with van der Waals surface area (Å²) in [6, 6.07) is 5.58. The monoisotopic (exact) mass is 459 g/mol. The SMILES string of the molecule is CN[C@@H](C)C(=O)N[C@H](C(=O)N[C@@H](CCC(N)=O)C(=O)NC1CCCc2ccccc21)C(C)C. The maximum absolute atomic E-state index is 13.2. The first kappa shape index (κ1) is 26.3. The van der Waals surface area contributed by atoms with Gasteiger partial charge in [-0.15, -0.1) is 0 Å². The fourth-order valence-corrected chi connectivity index (χ4v) is 3.94. The number of carbonyl (C=O) groups excluding carboxylic acids is 4. The zero-order valence-electron chi connectivity index (χ0n) is 19.9. The Morgan fingerprint density at radius 2 is 1.73 bits per heavy atom. The molecule has 33 heavy (non-hydrogen) atoms. The van der Waals surface area contributed by atoms with Crippen LogP contribution >= 0.6 is 0 Å². The second-order valence-corrected chi connectivity index (χ2v) is 8.96. The Hall–Kier alpha value is -2.94. The zero-order valence-corrected chi connectivity index (χ0v) is 19.9. The topological polar surface area (TPSA) is 142 Å². The van der Waals surface area contributed by atoms with Crippen molar-refractivity contribution in [2.45, 2.75) is 77.0 Å². The molecule has 1 aromatic carbocycles. The maximum Gasteiger partial charge on any atom is 0.243 e. The minimum atomic E-state index is -0.945. The number of carbonyl (C=O) groups is 4. The minimum Gasteiger partial charge on any atom is -0.370 e. The van der Waals surface area contributed by atoms with Crippen LogP contribution in [0, 0.1) is 5.92 Å². The number of hydrogen-bond acceptors (Lipinski definition) is 5. The van der Waals surface area contributed by atoms with Gasteiger partial charge in [0, 0.05) is 6.42 Å². The molecule has 2 rings (SSSR count). The molecule has 0 saturated carbocycles. The highest BCUT2D eigenvalue weighted by atomic mass is 16.2. The standard InChI is InChI=1S/C24H37N5O4/c1-14(2)21(29-22(31)15(3)26-4)24(33)28-19(12-13-20(25)30)23(32)27-18-11-7-9-16-8-5-6-10-17(16)18/h5-6,8,10,14-15,18-19,21,26H,7,9,11-13H2,1-4H3,(H2,25,30)(H,27,32)(H,28,33)(H,29,31)/t15-,18?,19-,21-/m0/s1. The molecule has 1 aliphatic rings. The highest BCUT2D eigenvalue weighted by Gasteiger charge is 2.31. The number of likely N-dealkylation sites (N-methyl/N-ethyl adjacent to an activating group) is 1. The fourth-order valence-electron chi connectivity index (χ4n) is 3.94. The molecule has 6 N–H and O–H groups in total.